The zero-order valence-corrected chi connectivity index (χ0v) is 23.0. The Morgan fingerprint density at radius 1 is 0.273 bits per heavy atom. The smallest absolute Gasteiger partial charge is 0.187 e. The first-order valence-corrected chi connectivity index (χ1v) is 14.1. The molecule has 14 fully saturated rings. The highest BCUT2D eigenvalue weighted by molar-refractivity contribution is 4.99. The molecule has 0 aromatic carbocycles. The molecule has 0 spiro atoms. The van der Waals surface area contributed by atoms with Crippen molar-refractivity contribution in [3.63, 3.8) is 0 Å². The van der Waals surface area contributed by atoms with Crippen molar-refractivity contribution in [2.45, 2.75) is 123 Å². The largest absolute Gasteiger partial charge is 0.394 e. The Kier molecular flexibility index (Phi) is 11.1. The maximum absolute atomic E-state index is 10.9. The van der Waals surface area contributed by atoms with Crippen LogP contribution < -0.4 is 0 Å². The van der Waals surface area contributed by atoms with Gasteiger partial charge in [-0.25, -0.2) is 0 Å². The average Bonchev–Trinajstić information content (AvgIpc) is 3.02. The summed E-state index contributed by atoms with van der Waals surface area (Å²) in [6, 6.07) is 0. The SMILES string of the molecule is OCC1OC2OC3C(CO)OC(OC4C(CO)OC(OC5C(CO)OC(OC1C(O)C2O)C(O)C5O)C(O)C4O)C(O)C3O. The number of rotatable bonds is 4. The second-order valence-corrected chi connectivity index (χ2v) is 11.2. The molecule has 14 saturated heterocycles. The van der Waals surface area contributed by atoms with Crippen molar-refractivity contribution >= 4 is 0 Å². The predicted octanol–water partition coefficient (Wildman–Crippen LogP) is -8.70. The van der Waals surface area contributed by atoms with E-state index in [9.17, 15) is 61.3 Å². The molecule has 44 heavy (non-hydrogen) atoms. The normalized spacial score (nSPS) is 55.4. The van der Waals surface area contributed by atoms with Gasteiger partial charge in [-0.1, -0.05) is 0 Å². The van der Waals surface area contributed by atoms with E-state index in [1.54, 1.807) is 0 Å². The minimum absolute atomic E-state index is 0.854. The first kappa shape index (κ1) is 34.5. The molecule has 0 aromatic heterocycles. The van der Waals surface area contributed by atoms with E-state index in [0.717, 1.165) is 0 Å². The highest BCUT2D eigenvalue weighted by Gasteiger charge is 2.56. The third kappa shape index (κ3) is 6.25. The van der Waals surface area contributed by atoms with Gasteiger partial charge < -0.3 is 99.2 Å². The van der Waals surface area contributed by atoms with Crippen LogP contribution in [0, 0.1) is 0 Å². The van der Waals surface area contributed by atoms with E-state index in [-0.39, 0.29) is 0 Å². The van der Waals surface area contributed by atoms with Crippen LogP contribution in [-0.4, -0.2) is 211 Å². The summed E-state index contributed by atoms with van der Waals surface area (Å²) in [4.78, 5) is 0. The molecule has 14 rings (SSSR count). The van der Waals surface area contributed by atoms with Gasteiger partial charge in [0.25, 0.3) is 0 Å². The summed E-state index contributed by atoms with van der Waals surface area (Å²) in [6.07, 6.45) is -35.3. The molecular weight excluding hydrogens is 608 g/mol. The Balaban J connectivity index is 1.51. The van der Waals surface area contributed by atoms with E-state index >= 15 is 0 Å². The first-order chi connectivity index (χ1) is 20.9. The van der Waals surface area contributed by atoms with Crippen LogP contribution in [0.2, 0.25) is 0 Å². The summed E-state index contributed by atoms with van der Waals surface area (Å²) in [5.41, 5.74) is 0. The van der Waals surface area contributed by atoms with Crippen LogP contribution in [0.1, 0.15) is 0 Å². The Bertz CT molecular complexity index is 780. The molecule has 0 aromatic rings. The lowest BCUT2D eigenvalue weighted by Crippen LogP contribution is -2.69. The first-order valence-electron chi connectivity index (χ1n) is 14.1. The highest BCUT2D eigenvalue weighted by atomic mass is 16.8. The second kappa shape index (κ2) is 14.1. The molecule has 14 aliphatic heterocycles. The fraction of sp³-hybridized carbons (Fsp3) is 1.00. The van der Waals surface area contributed by atoms with Crippen LogP contribution in [-0.2, 0) is 37.9 Å². The summed E-state index contributed by atoms with van der Waals surface area (Å²) in [5, 5.41) is 127. The van der Waals surface area contributed by atoms with Crippen LogP contribution in [0.5, 0.6) is 0 Å². The maximum Gasteiger partial charge on any atom is 0.187 e. The standard InChI is InChI=1S/C24H40O20/c25-1-5-17-9(29)13(33)21(37-5)42-18-6(2-26)39-23(15(35)11(18)31)44-20-8(4-28)40-24(16(36)12(20)32)43-19-7(3-27)38-22(41-17)14(34)10(19)30/h5-36H,1-4H2. The van der Waals surface area contributed by atoms with Crippen molar-refractivity contribution in [3.8, 4) is 0 Å². The van der Waals surface area contributed by atoms with E-state index < -0.39 is 149 Å². The quantitative estimate of drug-likeness (QED) is 0.135. The van der Waals surface area contributed by atoms with Gasteiger partial charge in [-0.15, -0.1) is 0 Å². The summed E-state index contributed by atoms with van der Waals surface area (Å²) >= 11 is 0. The molecule has 14 aliphatic rings. The second-order valence-electron chi connectivity index (χ2n) is 11.2. The van der Waals surface area contributed by atoms with Crippen molar-refractivity contribution in [2.75, 3.05) is 26.4 Å². The van der Waals surface area contributed by atoms with Crippen molar-refractivity contribution in [1.29, 1.82) is 0 Å². The van der Waals surface area contributed by atoms with Crippen LogP contribution in [0.15, 0.2) is 0 Å². The number of hydrogen-bond acceptors (Lipinski definition) is 20. The molecule has 0 amide bonds. The molecule has 0 radical (unpaired) electrons. The minimum Gasteiger partial charge on any atom is -0.394 e. The molecule has 0 saturated carbocycles. The van der Waals surface area contributed by atoms with Gasteiger partial charge >= 0.3 is 0 Å². The molecule has 20 unspecified atom stereocenters. The monoisotopic (exact) mass is 648 g/mol. The van der Waals surface area contributed by atoms with E-state index in [1.807, 2.05) is 0 Å². The van der Waals surface area contributed by atoms with Gasteiger partial charge in [0, 0.05) is 0 Å². The Morgan fingerprint density at radius 2 is 0.455 bits per heavy atom. The van der Waals surface area contributed by atoms with Gasteiger partial charge in [-0.3, -0.25) is 0 Å². The maximum atomic E-state index is 10.9. The van der Waals surface area contributed by atoms with Crippen LogP contribution in [0.3, 0.4) is 0 Å². The summed E-state index contributed by atoms with van der Waals surface area (Å²) in [7, 11) is 0. The van der Waals surface area contributed by atoms with Crippen molar-refractivity contribution < 1.29 is 99.2 Å². The third-order valence-electron chi connectivity index (χ3n) is 8.45. The van der Waals surface area contributed by atoms with E-state index in [2.05, 4.69) is 0 Å². The topological polar surface area (TPSA) is 317 Å². The summed E-state index contributed by atoms with van der Waals surface area (Å²) < 4.78 is 44.7. The molecule has 12 N–H and O–H groups in total. The highest BCUT2D eigenvalue weighted by Crippen LogP contribution is 2.36. The predicted molar refractivity (Wildman–Crippen MR) is 131 cm³/mol. The van der Waals surface area contributed by atoms with E-state index in [0.29, 0.717) is 0 Å². The lowest BCUT2D eigenvalue weighted by molar-refractivity contribution is -0.404. The molecule has 256 valence electrons. The van der Waals surface area contributed by atoms with Gasteiger partial charge in [0.05, 0.1) is 26.4 Å². The number of aliphatic hydroxyl groups is 12. The lowest BCUT2D eigenvalue weighted by atomic mass is 9.94. The molecule has 20 nitrogen and oxygen atoms in total. The van der Waals surface area contributed by atoms with E-state index in [1.165, 1.54) is 0 Å². The van der Waals surface area contributed by atoms with Gasteiger partial charge in [-0.05, 0) is 0 Å². The number of ether oxygens (including phenoxy) is 8. The van der Waals surface area contributed by atoms with Crippen LogP contribution in [0.4, 0.5) is 0 Å². The Hall–Kier alpha value is -0.800. The van der Waals surface area contributed by atoms with Gasteiger partial charge in [0.2, 0.25) is 0 Å². The zero-order valence-electron chi connectivity index (χ0n) is 23.0. The molecule has 20 heteroatoms. The molecular formula is C24H40O20. The molecule has 14 heterocycles. The van der Waals surface area contributed by atoms with Gasteiger partial charge in [-0.2, -0.15) is 0 Å². The Morgan fingerprint density at radius 3 is 0.614 bits per heavy atom. The van der Waals surface area contributed by atoms with Crippen LogP contribution >= 0.6 is 0 Å². The number of hydrogen-bond donors (Lipinski definition) is 12. The third-order valence-corrected chi connectivity index (χ3v) is 8.45. The van der Waals surface area contributed by atoms with Gasteiger partial charge in [0.1, 0.15) is 97.7 Å². The average molecular weight is 649 g/mol. The van der Waals surface area contributed by atoms with E-state index in [4.69, 9.17) is 37.9 Å². The fourth-order valence-corrected chi connectivity index (χ4v) is 5.95. The molecule has 8 bridgehead atoms. The van der Waals surface area contributed by atoms with Crippen molar-refractivity contribution in [3.05, 3.63) is 0 Å². The summed E-state index contributed by atoms with van der Waals surface area (Å²) in [6.45, 7) is -3.42. The van der Waals surface area contributed by atoms with Crippen molar-refractivity contribution in [2.24, 2.45) is 0 Å². The Labute approximate surface area is 249 Å². The molecule has 0 aliphatic carbocycles. The lowest BCUT2D eigenvalue weighted by Gasteiger charge is -2.50. The fourth-order valence-electron chi connectivity index (χ4n) is 5.95. The zero-order chi connectivity index (χ0) is 32.0. The summed E-state index contributed by atoms with van der Waals surface area (Å²) in [5.74, 6) is 0. The number of aliphatic hydroxyl groups excluding tert-OH is 12. The molecule has 20 atom stereocenters. The van der Waals surface area contributed by atoms with Gasteiger partial charge in [0.15, 0.2) is 25.2 Å². The van der Waals surface area contributed by atoms with Crippen molar-refractivity contribution in [1.82, 2.24) is 0 Å². The van der Waals surface area contributed by atoms with Crippen LogP contribution in [0.25, 0.3) is 0 Å². The minimum atomic E-state index is -1.96.